The van der Waals surface area contributed by atoms with Gasteiger partial charge >= 0.3 is 0 Å². The Hall–Kier alpha value is -2.05. The molecule has 28 heavy (non-hydrogen) atoms. The first kappa shape index (κ1) is 22.2. The zero-order valence-electron chi connectivity index (χ0n) is 17.7. The molecular formula is C27H33Cl. The molecule has 0 heterocycles. The first-order valence-electron chi connectivity index (χ1n) is 10.4. The fourth-order valence-corrected chi connectivity index (χ4v) is 3.85. The van der Waals surface area contributed by atoms with Crippen molar-refractivity contribution < 1.29 is 0 Å². The molecule has 0 nitrogen and oxygen atoms in total. The molecule has 1 atom stereocenters. The van der Waals surface area contributed by atoms with Crippen LogP contribution in [0.25, 0.3) is 0 Å². The number of alkyl halides is 1. The van der Waals surface area contributed by atoms with Crippen molar-refractivity contribution in [3.63, 3.8) is 0 Å². The van der Waals surface area contributed by atoms with Crippen molar-refractivity contribution in [2.45, 2.75) is 58.3 Å². The van der Waals surface area contributed by atoms with E-state index in [0.717, 1.165) is 16.7 Å². The van der Waals surface area contributed by atoms with Gasteiger partial charge in [0.15, 0.2) is 0 Å². The summed E-state index contributed by atoms with van der Waals surface area (Å²) in [6, 6.07) is 27.1. The molecule has 1 unspecified atom stereocenters. The van der Waals surface area contributed by atoms with Crippen LogP contribution >= 0.6 is 11.6 Å². The van der Waals surface area contributed by atoms with Gasteiger partial charge in [0.05, 0.1) is 0 Å². The number of hydrogen-bond acceptors (Lipinski definition) is 0. The van der Waals surface area contributed by atoms with E-state index >= 15 is 0 Å². The van der Waals surface area contributed by atoms with Gasteiger partial charge in [0, 0.05) is 0 Å². The molecule has 0 saturated carbocycles. The molecule has 0 aliphatic carbocycles. The SMILES string of the molecule is CCCCCC.Cc1ccc(C(Cl)(c2ccccc2)c2ccccc2C)cc1. The van der Waals surface area contributed by atoms with Crippen LogP contribution in [0.15, 0.2) is 78.9 Å². The smallest absolute Gasteiger partial charge is 0.104 e. The average Bonchev–Trinajstić information content (AvgIpc) is 2.73. The van der Waals surface area contributed by atoms with Gasteiger partial charge in [0.2, 0.25) is 0 Å². The molecule has 0 radical (unpaired) electrons. The van der Waals surface area contributed by atoms with Gasteiger partial charge in [0.25, 0.3) is 0 Å². The molecule has 0 N–H and O–H groups in total. The first-order chi connectivity index (χ1) is 13.5. The van der Waals surface area contributed by atoms with E-state index in [2.05, 4.69) is 88.4 Å². The zero-order chi connectivity index (χ0) is 20.4. The van der Waals surface area contributed by atoms with Crippen LogP contribution in [-0.4, -0.2) is 0 Å². The number of halogens is 1. The minimum atomic E-state index is -0.666. The predicted molar refractivity (Wildman–Crippen MR) is 124 cm³/mol. The van der Waals surface area contributed by atoms with Crippen molar-refractivity contribution in [3.05, 3.63) is 107 Å². The molecule has 3 aromatic carbocycles. The Morgan fingerprint density at radius 2 is 1.14 bits per heavy atom. The molecule has 3 rings (SSSR count). The summed E-state index contributed by atoms with van der Waals surface area (Å²) < 4.78 is 0. The summed E-state index contributed by atoms with van der Waals surface area (Å²) in [5, 5.41) is 0. The van der Waals surface area contributed by atoms with E-state index in [1.807, 2.05) is 18.2 Å². The molecule has 0 aliphatic heterocycles. The lowest BCUT2D eigenvalue weighted by Crippen LogP contribution is -2.23. The topological polar surface area (TPSA) is 0 Å². The lowest BCUT2D eigenvalue weighted by atomic mass is 9.82. The van der Waals surface area contributed by atoms with Gasteiger partial charge in [-0.15, -0.1) is 11.6 Å². The third kappa shape index (κ3) is 5.49. The molecule has 0 amide bonds. The summed E-state index contributed by atoms with van der Waals surface area (Å²) in [5.41, 5.74) is 5.75. The van der Waals surface area contributed by atoms with Gasteiger partial charge in [0.1, 0.15) is 4.87 Å². The fourth-order valence-electron chi connectivity index (χ4n) is 3.39. The molecule has 0 saturated heterocycles. The van der Waals surface area contributed by atoms with Crippen molar-refractivity contribution in [2.24, 2.45) is 0 Å². The van der Waals surface area contributed by atoms with Crippen molar-refractivity contribution in [1.29, 1.82) is 0 Å². The van der Waals surface area contributed by atoms with Crippen LogP contribution in [0.3, 0.4) is 0 Å². The van der Waals surface area contributed by atoms with Gasteiger partial charge in [-0.3, -0.25) is 0 Å². The lowest BCUT2D eigenvalue weighted by molar-refractivity contribution is 0.702. The molecule has 0 bridgehead atoms. The Balaban J connectivity index is 0.000000409. The van der Waals surface area contributed by atoms with Crippen LogP contribution in [0.4, 0.5) is 0 Å². The Labute approximate surface area is 176 Å². The summed E-state index contributed by atoms with van der Waals surface area (Å²) in [6.45, 7) is 8.67. The second-order valence-electron chi connectivity index (χ2n) is 7.41. The highest BCUT2D eigenvalue weighted by molar-refractivity contribution is 6.28. The number of unbranched alkanes of at least 4 members (excludes halogenated alkanes) is 3. The third-order valence-corrected chi connectivity index (χ3v) is 5.73. The molecule has 0 fully saturated rings. The van der Waals surface area contributed by atoms with E-state index in [-0.39, 0.29) is 0 Å². The fraction of sp³-hybridized carbons (Fsp3) is 0.333. The summed E-state index contributed by atoms with van der Waals surface area (Å²) in [7, 11) is 0. The number of aryl methyl sites for hydroxylation is 2. The lowest BCUT2D eigenvalue weighted by Gasteiger charge is -2.30. The highest BCUT2D eigenvalue weighted by Crippen LogP contribution is 2.44. The van der Waals surface area contributed by atoms with Crippen LogP contribution in [-0.2, 0) is 4.87 Å². The largest absolute Gasteiger partial charge is 0.120 e. The summed E-state index contributed by atoms with van der Waals surface area (Å²) in [6.07, 6.45) is 5.54. The molecular weight excluding hydrogens is 360 g/mol. The van der Waals surface area contributed by atoms with Crippen LogP contribution in [0.2, 0.25) is 0 Å². The highest BCUT2D eigenvalue weighted by atomic mass is 35.5. The first-order valence-corrected chi connectivity index (χ1v) is 10.8. The predicted octanol–water partition coefficient (Wildman–Crippen LogP) is 8.42. The maximum atomic E-state index is 7.27. The Bertz CT molecular complexity index is 816. The molecule has 0 aliphatic rings. The van der Waals surface area contributed by atoms with Crippen LogP contribution < -0.4 is 0 Å². The van der Waals surface area contributed by atoms with Gasteiger partial charge in [-0.05, 0) is 36.1 Å². The Morgan fingerprint density at radius 3 is 1.68 bits per heavy atom. The van der Waals surface area contributed by atoms with Gasteiger partial charge in [-0.25, -0.2) is 0 Å². The van der Waals surface area contributed by atoms with Crippen molar-refractivity contribution in [1.82, 2.24) is 0 Å². The number of rotatable bonds is 6. The van der Waals surface area contributed by atoms with Gasteiger partial charge < -0.3 is 0 Å². The van der Waals surface area contributed by atoms with Crippen LogP contribution in [0, 0.1) is 13.8 Å². The number of hydrogen-bond donors (Lipinski definition) is 0. The minimum absolute atomic E-state index is 0.666. The minimum Gasteiger partial charge on any atom is -0.104 e. The highest BCUT2D eigenvalue weighted by Gasteiger charge is 2.34. The quantitative estimate of drug-likeness (QED) is 0.224. The van der Waals surface area contributed by atoms with E-state index in [0.29, 0.717) is 0 Å². The Morgan fingerprint density at radius 1 is 0.643 bits per heavy atom. The summed E-state index contributed by atoms with van der Waals surface area (Å²) in [4.78, 5) is -0.666. The van der Waals surface area contributed by atoms with Crippen molar-refractivity contribution in [2.75, 3.05) is 0 Å². The van der Waals surface area contributed by atoms with Crippen LogP contribution in [0.1, 0.15) is 67.3 Å². The molecule has 0 aromatic heterocycles. The number of benzene rings is 3. The summed E-state index contributed by atoms with van der Waals surface area (Å²) >= 11 is 7.27. The third-order valence-electron chi connectivity index (χ3n) is 5.09. The van der Waals surface area contributed by atoms with E-state index in [1.165, 1.54) is 36.8 Å². The maximum absolute atomic E-state index is 7.27. The van der Waals surface area contributed by atoms with E-state index < -0.39 is 4.87 Å². The standard InChI is InChI=1S/C21H19Cl.C6H14/c1-16-12-14-19(15-13-16)21(22,18-9-4-3-5-10-18)20-11-7-6-8-17(20)2;1-3-5-6-4-2/h3-15H,1-2H3;3-6H2,1-2H3. The maximum Gasteiger partial charge on any atom is 0.120 e. The molecule has 148 valence electrons. The van der Waals surface area contributed by atoms with Crippen molar-refractivity contribution >= 4 is 11.6 Å². The average molecular weight is 393 g/mol. The Kier molecular flexibility index (Phi) is 8.80. The second kappa shape index (κ2) is 11.1. The molecule has 0 spiro atoms. The van der Waals surface area contributed by atoms with E-state index in [4.69, 9.17) is 11.6 Å². The summed E-state index contributed by atoms with van der Waals surface area (Å²) in [5.74, 6) is 0. The second-order valence-corrected chi connectivity index (χ2v) is 7.98. The van der Waals surface area contributed by atoms with E-state index in [1.54, 1.807) is 0 Å². The monoisotopic (exact) mass is 392 g/mol. The van der Waals surface area contributed by atoms with Gasteiger partial charge in [-0.1, -0.05) is 124 Å². The molecule has 1 heteroatoms. The zero-order valence-corrected chi connectivity index (χ0v) is 18.5. The van der Waals surface area contributed by atoms with Gasteiger partial charge in [-0.2, -0.15) is 0 Å². The van der Waals surface area contributed by atoms with Crippen molar-refractivity contribution in [3.8, 4) is 0 Å². The normalized spacial score (nSPS) is 12.6. The molecule has 3 aromatic rings. The van der Waals surface area contributed by atoms with Crippen LogP contribution in [0.5, 0.6) is 0 Å². The van der Waals surface area contributed by atoms with E-state index in [9.17, 15) is 0 Å².